The first-order valence-corrected chi connectivity index (χ1v) is 8.91. The predicted molar refractivity (Wildman–Crippen MR) is 105 cm³/mol. The van der Waals surface area contributed by atoms with E-state index >= 15 is 0 Å². The number of ether oxygens (including phenoxy) is 2. The molecule has 4 heteroatoms. The normalized spacial score (nSPS) is 11.1. The van der Waals surface area contributed by atoms with Crippen molar-refractivity contribution in [1.82, 2.24) is 0 Å². The topological polar surface area (TPSA) is 48.7 Å². The van der Waals surface area contributed by atoms with Gasteiger partial charge in [0.05, 0.1) is 19.3 Å². The minimum atomic E-state index is -0.310. The highest BCUT2D eigenvalue weighted by molar-refractivity contribution is 6.08. The van der Waals surface area contributed by atoms with E-state index in [1.165, 1.54) is 0 Å². The van der Waals surface area contributed by atoms with Crippen LogP contribution in [-0.2, 0) is 22.4 Å². The molecule has 0 N–H and O–H groups in total. The summed E-state index contributed by atoms with van der Waals surface area (Å²) in [6.45, 7) is 0.667. The molecule has 0 aliphatic heterocycles. The van der Waals surface area contributed by atoms with Crippen molar-refractivity contribution >= 4 is 27.7 Å². The summed E-state index contributed by atoms with van der Waals surface area (Å²) in [5.74, 6) is 0.231. The van der Waals surface area contributed by atoms with E-state index in [2.05, 4.69) is 6.07 Å². The second-order valence-corrected chi connectivity index (χ2v) is 6.46. The Bertz CT molecular complexity index is 1080. The van der Waals surface area contributed by atoms with Gasteiger partial charge in [-0.15, -0.1) is 0 Å². The average molecular weight is 360 g/mol. The molecule has 0 saturated heterocycles. The summed E-state index contributed by atoms with van der Waals surface area (Å²) in [4.78, 5) is 12.4. The molecule has 0 unspecified atom stereocenters. The van der Waals surface area contributed by atoms with Gasteiger partial charge >= 0.3 is 5.97 Å². The first kappa shape index (κ1) is 17.3. The van der Waals surface area contributed by atoms with E-state index in [1.807, 2.05) is 54.6 Å². The van der Waals surface area contributed by atoms with Crippen LogP contribution in [0, 0.1) is 0 Å². The van der Waals surface area contributed by atoms with E-state index < -0.39 is 0 Å². The Morgan fingerprint density at radius 2 is 1.81 bits per heavy atom. The molecule has 0 aliphatic carbocycles. The number of fused-ring (bicyclic) bond motifs is 3. The van der Waals surface area contributed by atoms with Crippen molar-refractivity contribution in [3.63, 3.8) is 0 Å². The fourth-order valence-corrected chi connectivity index (χ4v) is 3.27. The number of carbonyl (C=O) groups excluding carboxylic acids is 1. The largest absolute Gasteiger partial charge is 0.464 e. The zero-order chi connectivity index (χ0) is 18.6. The summed E-state index contributed by atoms with van der Waals surface area (Å²) in [5, 5.41) is 3.17. The Balaban J connectivity index is 1.52. The van der Waals surface area contributed by atoms with Crippen LogP contribution < -0.4 is 4.74 Å². The van der Waals surface area contributed by atoms with Crippen LogP contribution in [-0.4, -0.2) is 19.7 Å². The van der Waals surface area contributed by atoms with Crippen LogP contribution in [0.2, 0.25) is 0 Å². The van der Waals surface area contributed by atoms with Crippen molar-refractivity contribution in [2.45, 2.75) is 12.8 Å². The van der Waals surface area contributed by atoms with Gasteiger partial charge in [0, 0.05) is 18.1 Å². The highest BCUT2D eigenvalue weighted by Gasteiger charge is 2.14. The standard InChI is InChI=1S/C23H20O4/c1-25-13-12-16-6-9-19(10-7-16)27-22(24)14-18-15-26-21-11-8-17-4-2-3-5-20(17)23(18)21/h2-11,15H,12-14H2,1H3. The predicted octanol–water partition coefficient (Wildman–Crippen LogP) is 4.92. The molecule has 27 heavy (non-hydrogen) atoms. The lowest BCUT2D eigenvalue weighted by molar-refractivity contribution is -0.133. The second-order valence-electron chi connectivity index (χ2n) is 6.46. The Hall–Kier alpha value is -3.11. The summed E-state index contributed by atoms with van der Waals surface area (Å²) in [6.07, 6.45) is 2.64. The van der Waals surface area contributed by atoms with Gasteiger partial charge < -0.3 is 13.9 Å². The summed E-state index contributed by atoms with van der Waals surface area (Å²) in [6, 6.07) is 19.6. The number of hydrogen-bond donors (Lipinski definition) is 0. The monoisotopic (exact) mass is 360 g/mol. The molecular formula is C23H20O4. The third-order valence-corrected chi connectivity index (χ3v) is 4.62. The lowest BCUT2D eigenvalue weighted by atomic mass is 10.0. The molecule has 1 aromatic heterocycles. The molecule has 1 heterocycles. The SMILES string of the molecule is COCCc1ccc(OC(=O)Cc2coc3ccc4ccccc4c23)cc1. The van der Waals surface area contributed by atoms with Crippen LogP contribution in [0.5, 0.6) is 5.75 Å². The molecule has 4 rings (SSSR count). The molecule has 0 saturated carbocycles. The molecule has 0 spiro atoms. The van der Waals surface area contributed by atoms with Crippen LogP contribution in [0.25, 0.3) is 21.7 Å². The van der Waals surface area contributed by atoms with Gasteiger partial charge in [0.2, 0.25) is 0 Å². The number of rotatable bonds is 6. The highest BCUT2D eigenvalue weighted by Crippen LogP contribution is 2.30. The Labute approximate surface area is 157 Å². The summed E-state index contributed by atoms with van der Waals surface area (Å²) < 4.78 is 16.2. The van der Waals surface area contributed by atoms with Crippen molar-refractivity contribution in [3.8, 4) is 5.75 Å². The first-order chi connectivity index (χ1) is 13.2. The Morgan fingerprint density at radius 3 is 2.63 bits per heavy atom. The second kappa shape index (κ2) is 7.64. The van der Waals surface area contributed by atoms with Crippen LogP contribution >= 0.6 is 0 Å². The third kappa shape index (κ3) is 3.71. The Kier molecular flexibility index (Phi) is 4.90. The molecule has 0 radical (unpaired) electrons. The maximum absolute atomic E-state index is 12.4. The van der Waals surface area contributed by atoms with Crippen molar-refractivity contribution < 1.29 is 18.7 Å². The van der Waals surface area contributed by atoms with Gasteiger partial charge in [-0.05, 0) is 41.0 Å². The maximum Gasteiger partial charge on any atom is 0.315 e. The smallest absolute Gasteiger partial charge is 0.315 e. The number of methoxy groups -OCH3 is 1. The zero-order valence-corrected chi connectivity index (χ0v) is 15.1. The molecule has 0 fully saturated rings. The van der Waals surface area contributed by atoms with Gasteiger partial charge in [-0.3, -0.25) is 4.79 Å². The van der Waals surface area contributed by atoms with Gasteiger partial charge in [-0.25, -0.2) is 0 Å². The minimum absolute atomic E-state index is 0.159. The molecule has 0 amide bonds. The summed E-state index contributed by atoms with van der Waals surface area (Å²) >= 11 is 0. The number of benzene rings is 3. The maximum atomic E-state index is 12.4. The quantitative estimate of drug-likeness (QED) is 0.362. The Morgan fingerprint density at radius 1 is 1.00 bits per heavy atom. The van der Waals surface area contributed by atoms with Gasteiger partial charge in [0.25, 0.3) is 0 Å². The molecule has 4 nitrogen and oxygen atoms in total. The van der Waals surface area contributed by atoms with Crippen molar-refractivity contribution in [2.24, 2.45) is 0 Å². The number of furan rings is 1. The lowest BCUT2D eigenvalue weighted by Gasteiger charge is -2.06. The van der Waals surface area contributed by atoms with E-state index in [0.29, 0.717) is 12.4 Å². The van der Waals surface area contributed by atoms with Crippen molar-refractivity contribution in [3.05, 3.63) is 78.1 Å². The number of carbonyl (C=O) groups is 1. The van der Waals surface area contributed by atoms with E-state index in [9.17, 15) is 4.79 Å². The van der Waals surface area contributed by atoms with E-state index in [4.69, 9.17) is 13.9 Å². The number of esters is 1. The lowest BCUT2D eigenvalue weighted by Crippen LogP contribution is -2.11. The zero-order valence-electron chi connectivity index (χ0n) is 15.1. The fraction of sp³-hybridized carbons (Fsp3) is 0.174. The van der Waals surface area contributed by atoms with E-state index in [0.717, 1.165) is 39.3 Å². The molecule has 4 aromatic rings. The molecule has 136 valence electrons. The highest BCUT2D eigenvalue weighted by atomic mass is 16.5. The molecular weight excluding hydrogens is 340 g/mol. The fourth-order valence-electron chi connectivity index (χ4n) is 3.27. The third-order valence-electron chi connectivity index (χ3n) is 4.62. The molecule has 0 aliphatic rings. The van der Waals surface area contributed by atoms with E-state index in [1.54, 1.807) is 13.4 Å². The van der Waals surface area contributed by atoms with Crippen molar-refractivity contribution in [2.75, 3.05) is 13.7 Å². The number of hydrogen-bond acceptors (Lipinski definition) is 4. The average Bonchev–Trinajstić information content (AvgIpc) is 3.10. The minimum Gasteiger partial charge on any atom is -0.464 e. The van der Waals surface area contributed by atoms with E-state index in [-0.39, 0.29) is 12.4 Å². The summed E-state index contributed by atoms with van der Waals surface area (Å²) in [7, 11) is 1.68. The van der Waals surface area contributed by atoms with Crippen LogP contribution in [0.4, 0.5) is 0 Å². The molecule has 0 atom stereocenters. The van der Waals surface area contributed by atoms with Gasteiger partial charge in [0.15, 0.2) is 0 Å². The van der Waals surface area contributed by atoms with Gasteiger partial charge in [-0.2, -0.15) is 0 Å². The van der Waals surface area contributed by atoms with Gasteiger partial charge in [-0.1, -0.05) is 42.5 Å². The van der Waals surface area contributed by atoms with Crippen LogP contribution in [0.1, 0.15) is 11.1 Å². The summed E-state index contributed by atoms with van der Waals surface area (Å²) in [5.41, 5.74) is 2.76. The molecule has 3 aromatic carbocycles. The van der Waals surface area contributed by atoms with Crippen LogP contribution in [0.3, 0.4) is 0 Å². The first-order valence-electron chi connectivity index (χ1n) is 8.91. The van der Waals surface area contributed by atoms with Crippen LogP contribution in [0.15, 0.2) is 71.3 Å². The molecule has 0 bridgehead atoms. The van der Waals surface area contributed by atoms with Crippen molar-refractivity contribution in [1.29, 1.82) is 0 Å². The van der Waals surface area contributed by atoms with Gasteiger partial charge in [0.1, 0.15) is 11.3 Å².